The molecule has 0 aliphatic heterocycles. The number of nitrogens with one attached hydrogen (secondary N) is 1. The minimum Gasteiger partial charge on any atom is -0.493 e. The number of methoxy groups -OCH3 is 1. The van der Waals surface area contributed by atoms with Crippen LogP contribution in [-0.4, -0.2) is 32.8 Å². The van der Waals surface area contributed by atoms with E-state index in [2.05, 4.69) is 16.0 Å². The van der Waals surface area contributed by atoms with E-state index in [4.69, 9.17) is 27.5 Å². The van der Waals surface area contributed by atoms with Crippen LogP contribution in [0.1, 0.15) is 11.1 Å². The first kappa shape index (κ1) is 23.0. The summed E-state index contributed by atoms with van der Waals surface area (Å²) in [6.45, 7) is -2.67. The lowest BCUT2D eigenvalue weighted by molar-refractivity contribution is -0.116. The highest BCUT2D eigenvalue weighted by molar-refractivity contribution is 6.30. The van der Waals surface area contributed by atoms with Gasteiger partial charge in [-0.15, -0.1) is 6.42 Å². The van der Waals surface area contributed by atoms with Crippen molar-refractivity contribution in [2.24, 2.45) is 0 Å². The Morgan fingerprint density at radius 3 is 2.60 bits per heavy atom. The average Bonchev–Trinajstić information content (AvgIpc) is 2.73. The van der Waals surface area contributed by atoms with E-state index in [1.807, 2.05) is 6.07 Å². The van der Waals surface area contributed by atoms with E-state index in [-0.39, 0.29) is 18.7 Å². The van der Waals surface area contributed by atoms with Gasteiger partial charge >= 0.3 is 6.61 Å². The third-order valence-electron chi connectivity index (χ3n) is 3.93. The van der Waals surface area contributed by atoms with Gasteiger partial charge in [-0.2, -0.15) is 8.78 Å². The predicted octanol–water partition coefficient (Wildman–Crippen LogP) is 4.30. The maximum absolute atomic E-state index is 12.5. The van der Waals surface area contributed by atoms with Crippen LogP contribution >= 0.6 is 11.6 Å². The number of halogens is 3. The third kappa shape index (κ3) is 6.98. The van der Waals surface area contributed by atoms with Crippen molar-refractivity contribution in [1.82, 2.24) is 5.32 Å². The Hall–Kier alpha value is -3.24. The number of hydrogen-bond donors (Lipinski definition) is 1. The number of carbonyl (C=O) groups is 1. The number of rotatable bonds is 10. The number of carbonyl (C=O) groups excluding carboxylic acids is 1. The van der Waals surface area contributed by atoms with Gasteiger partial charge in [-0.3, -0.25) is 4.79 Å². The molecule has 0 spiro atoms. The lowest BCUT2D eigenvalue weighted by Crippen LogP contribution is -2.26. The van der Waals surface area contributed by atoms with Crippen LogP contribution in [-0.2, 0) is 16.0 Å². The summed E-state index contributed by atoms with van der Waals surface area (Å²) >= 11 is 5.84. The van der Waals surface area contributed by atoms with E-state index in [0.717, 1.165) is 11.8 Å². The topological polar surface area (TPSA) is 56.8 Å². The molecule has 5 nitrogen and oxygen atoms in total. The molecule has 1 N–H and O–H groups in total. The molecule has 0 bridgehead atoms. The molecule has 158 valence electrons. The molecule has 8 heteroatoms. The maximum atomic E-state index is 12.5. The number of hydrogen-bond acceptors (Lipinski definition) is 4. The van der Waals surface area contributed by atoms with Crippen LogP contribution in [0.4, 0.5) is 8.78 Å². The SMILES string of the molecule is C#CCOc1ccc(CCNC(=O)C(=COC(F)F)c2ccc(Cl)cc2)cc1OC. The molecule has 0 saturated carbocycles. The van der Waals surface area contributed by atoms with Gasteiger partial charge < -0.3 is 19.5 Å². The lowest BCUT2D eigenvalue weighted by atomic mass is 10.1. The van der Waals surface area contributed by atoms with Crippen LogP contribution in [0.3, 0.4) is 0 Å². The summed E-state index contributed by atoms with van der Waals surface area (Å²) in [5.41, 5.74) is 1.23. The minimum atomic E-state index is -3.04. The number of benzene rings is 2. The van der Waals surface area contributed by atoms with Crippen LogP contribution < -0.4 is 14.8 Å². The van der Waals surface area contributed by atoms with Gasteiger partial charge in [0.05, 0.1) is 12.7 Å². The predicted molar refractivity (Wildman–Crippen MR) is 111 cm³/mol. The second-order valence-corrected chi connectivity index (χ2v) is 6.36. The Balaban J connectivity index is 2.04. The number of terminal acetylenes is 1. The van der Waals surface area contributed by atoms with Crippen LogP contribution in [0.2, 0.25) is 5.02 Å². The summed E-state index contributed by atoms with van der Waals surface area (Å²) < 4.78 is 39.8. The van der Waals surface area contributed by atoms with E-state index in [1.54, 1.807) is 36.4 Å². The molecule has 0 fully saturated rings. The fourth-order valence-corrected chi connectivity index (χ4v) is 2.65. The van der Waals surface area contributed by atoms with Gasteiger partial charge in [-0.1, -0.05) is 35.7 Å². The molecule has 0 aliphatic rings. The zero-order valence-electron chi connectivity index (χ0n) is 16.2. The zero-order chi connectivity index (χ0) is 21.9. The molecule has 0 radical (unpaired) electrons. The summed E-state index contributed by atoms with van der Waals surface area (Å²) in [4.78, 5) is 12.5. The first-order valence-electron chi connectivity index (χ1n) is 8.85. The summed E-state index contributed by atoms with van der Waals surface area (Å²) in [5.74, 6) is 2.85. The normalized spacial score (nSPS) is 11.0. The highest BCUT2D eigenvalue weighted by atomic mass is 35.5. The van der Waals surface area contributed by atoms with Crippen LogP contribution in [0, 0.1) is 12.3 Å². The fraction of sp³-hybridized carbons (Fsp3) is 0.227. The van der Waals surface area contributed by atoms with Crippen LogP contribution in [0.25, 0.3) is 5.57 Å². The minimum absolute atomic E-state index is 0.0393. The fourth-order valence-electron chi connectivity index (χ4n) is 2.52. The summed E-state index contributed by atoms with van der Waals surface area (Å²) in [7, 11) is 1.51. The standard InChI is InChI=1S/C22H20ClF2NO4/c1-3-12-29-19-9-4-15(13-20(19)28-2)10-11-26-21(27)18(14-30-22(24)25)16-5-7-17(23)8-6-16/h1,4-9,13-14,22H,10-12H2,2H3,(H,26,27). The molecule has 2 aromatic rings. The Bertz CT molecular complexity index is 924. The average molecular weight is 436 g/mol. The molecule has 2 rings (SSSR count). The van der Waals surface area contributed by atoms with Gasteiger partial charge in [0.25, 0.3) is 5.91 Å². The van der Waals surface area contributed by atoms with E-state index in [0.29, 0.717) is 28.5 Å². The van der Waals surface area contributed by atoms with Crippen LogP contribution in [0.5, 0.6) is 11.5 Å². The molecule has 30 heavy (non-hydrogen) atoms. The molecule has 0 aliphatic carbocycles. The van der Waals surface area contributed by atoms with Crippen molar-refractivity contribution >= 4 is 23.1 Å². The quantitative estimate of drug-likeness (QED) is 0.343. The molecule has 0 atom stereocenters. The van der Waals surface area contributed by atoms with Crippen molar-refractivity contribution in [3.8, 4) is 23.8 Å². The Kier molecular flexibility index (Phi) is 8.98. The van der Waals surface area contributed by atoms with Crippen LogP contribution in [0.15, 0.2) is 48.7 Å². The monoisotopic (exact) mass is 435 g/mol. The Labute approximate surface area is 178 Å². The molecule has 0 heterocycles. The summed E-state index contributed by atoms with van der Waals surface area (Å²) in [6, 6.07) is 11.5. The molecular formula is C22H20ClF2NO4. The Morgan fingerprint density at radius 2 is 1.97 bits per heavy atom. The van der Waals surface area contributed by atoms with Crippen molar-refractivity contribution in [1.29, 1.82) is 0 Å². The highest BCUT2D eigenvalue weighted by Crippen LogP contribution is 2.28. The largest absolute Gasteiger partial charge is 0.493 e. The third-order valence-corrected chi connectivity index (χ3v) is 4.18. The second kappa shape index (κ2) is 11.7. The maximum Gasteiger partial charge on any atom is 0.386 e. The van der Waals surface area contributed by atoms with Crippen molar-refractivity contribution in [3.05, 3.63) is 64.9 Å². The number of alkyl halides is 2. The molecular weight excluding hydrogens is 416 g/mol. The van der Waals surface area contributed by atoms with E-state index in [1.165, 1.54) is 7.11 Å². The van der Waals surface area contributed by atoms with Gasteiger partial charge in [0.2, 0.25) is 0 Å². The van der Waals surface area contributed by atoms with Gasteiger partial charge in [0, 0.05) is 11.6 Å². The second-order valence-electron chi connectivity index (χ2n) is 5.92. The van der Waals surface area contributed by atoms with E-state index < -0.39 is 12.5 Å². The van der Waals surface area contributed by atoms with Crippen molar-refractivity contribution in [3.63, 3.8) is 0 Å². The number of amides is 1. The highest BCUT2D eigenvalue weighted by Gasteiger charge is 2.14. The van der Waals surface area contributed by atoms with Gasteiger partial charge in [-0.05, 0) is 41.8 Å². The molecule has 0 aromatic heterocycles. The summed E-state index contributed by atoms with van der Waals surface area (Å²) in [6.07, 6.45) is 6.40. The van der Waals surface area contributed by atoms with E-state index in [9.17, 15) is 13.6 Å². The van der Waals surface area contributed by atoms with Crippen molar-refractivity contribution in [2.75, 3.05) is 20.3 Å². The lowest BCUT2D eigenvalue weighted by Gasteiger charge is -2.12. The molecule has 2 aromatic carbocycles. The smallest absolute Gasteiger partial charge is 0.386 e. The van der Waals surface area contributed by atoms with Gasteiger partial charge in [0.15, 0.2) is 11.5 Å². The first-order valence-corrected chi connectivity index (χ1v) is 9.23. The summed E-state index contributed by atoms with van der Waals surface area (Å²) in [5, 5.41) is 3.15. The van der Waals surface area contributed by atoms with Gasteiger partial charge in [-0.25, -0.2) is 0 Å². The molecule has 0 unspecified atom stereocenters. The number of ether oxygens (including phenoxy) is 3. The Morgan fingerprint density at radius 1 is 1.23 bits per heavy atom. The zero-order valence-corrected chi connectivity index (χ0v) is 16.9. The first-order chi connectivity index (χ1) is 14.4. The van der Waals surface area contributed by atoms with Crippen molar-refractivity contribution < 1.29 is 27.8 Å². The molecule has 0 saturated heterocycles. The van der Waals surface area contributed by atoms with E-state index >= 15 is 0 Å². The molecule has 1 amide bonds. The van der Waals surface area contributed by atoms with Gasteiger partial charge in [0.1, 0.15) is 12.9 Å². The van der Waals surface area contributed by atoms with Crippen molar-refractivity contribution in [2.45, 2.75) is 13.0 Å².